The normalized spacial score (nSPS) is 20.3. The van der Waals surface area contributed by atoms with E-state index in [0.717, 1.165) is 11.3 Å². The lowest BCUT2D eigenvalue weighted by Gasteiger charge is -2.00. The van der Waals surface area contributed by atoms with Crippen LogP contribution >= 0.6 is 0 Å². The zero-order valence-corrected chi connectivity index (χ0v) is 10.2. The van der Waals surface area contributed by atoms with E-state index >= 15 is 0 Å². The van der Waals surface area contributed by atoms with Crippen molar-refractivity contribution in [2.24, 2.45) is 15.7 Å². The molecule has 0 saturated carbocycles. The van der Waals surface area contributed by atoms with Crippen molar-refractivity contribution in [3.8, 4) is 0 Å². The van der Waals surface area contributed by atoms with E-state index in [-0.39, 0.29) is 5.70 Å². The van der Waals surface area contributed by atoms with Gasteiger partial charge in [-0.25, -0.2) is 0 Å². The Morgan fingerprint density at radius 2 is 1.79 bits per heavy atom. The highest BCUT2D eigenvalue weighted by atomic mass is 16.1. The summed E-state index contributed by atoms with van der Waals surface area (Å²) >= 11 is 0. The van der Waals surface area contributed by atoms with Gasteiger partial charge in [0.05, 0.1) is 5.69 Å². The lowest BCUT2D eigenvalue weighted by atomic mass is 10.2. The zero-order chi connectivity index (χ0) is 13.5. The van der Waals surface area contributed by atoms with Crippen molar-refractivity contribution in [3.05, 3.63) is 65.9 Å². The van der Waals surface area contributed by atoms with Crippen molar-refractivity contribution in [2.45, 2.75) is 0 Å². The van der Waals surface area contributed by atoms with Crippen LogP contribution in [0.5, 0.6) is 0 Å². The minimum Gasteiger partial charge on any atom is -0.364 e. The van der Waals surface area contributed by atoms with E-state index in [1.54, 1.807) is 30.7 Å². The highest BCUT2D eigenvalue weighted by Gasteiger charge is 2.02. The van der Waals surface area contributed by atoms with Crippen molar-refractivity contribution in [1.82, 2.24) is 0 Å². The smallest absolute Gasteiger partial charge is 0.267 e. The molecule has 0 bridgehead atoms. The van der Waals surface area contributed by atoms with Gasteiger partial charge in [0.25, 0.3) is 5.91 Å². The Bertz CT molecular complexity index is 622. The second-order valence-electron chi connectivity index (χ2n) is 3.78. The number of aliphatic imine (C=N–C) groups is 2. The molecular formula is C15H13N3O. The molecule has 0 saturated heterocycles. The summed E-state index contributed by atoms with van der Waals surface area (Å²) in [6.45, 7) is 0. The summed E-state index contributed by atoms with van der Waals surface area (Å²) in [7, 11) is 0. The molecule has 0 aromatic heterocycles. The standard InChI is InChI=1S/C15H13N3O/c16-15(19)14-9-3-1-2-6-10-17-13-8-5-4-7-12(13)11-18-14/h1-11H,(H2,16,19)/b2-1?,3-1-,6-2-,9-3?,10-6?,12-11?,14-9-,17-10?,17-13?,18-11?,18-14?. The van der Waals surface area contributed by atoms with Crippen LogP contribution in [0.2, 0.25) is 0 Å². The van der Waals surface area contributed by atoms with Gasteiger partial charge in [0, 0.05) is 18.0 Å². The minimum atomic E-state index is -0.567. The molecule has 4 nitrogen and oxygen atoms in total. The number of carbonyl (C=O) groups excluding carboxylic acids is 1. The van der Waals surface area contributed by atoms with E-state index in [1.807, 2.05) is 36.4 Å². The molecule has 1 aromatic carbocycles. The first-order valence-electron chi connectivity index (χ1n) is 5.78. The maximum absolute atomic E-state index is 11.2. The number of primary amides is 1. The lowest BCUT2D eigenvalue weighted by molar-refractivity contribution is -0.114. The molecule has 0 aliphatic carbocycles. The van der Waals surface area contributed by atoms with Crippen molar-refractivity contribution in [1.29, 1.82) is 0 Å². The van der Waals surface area contributed by atoms with Gasteiger partial charge >= 0.3 is 0 Å². The van der Waals surface area contributed by atoms with Crippen LogP contribution in [0.15, 0.2) is 70.3 Å². The monoisotopic (exact) mass is 251 g/mol. The first-order valence-corrected chi connectivity index (χ1v) is 5.78. The first-order chi connectivity index (χ1) is 9.27. The number of allylic oxidation sites excluding steroid dienone is 5. The summed E-state index contributed by atoms with van der Waals surface area (Å²) < 4.78 is 0. The van der Waals surface area contributed by atoms with Crippen LogP contribution in [-0.4, -0.2) is 18.3 Å². The summed E-state index contributed by atoms with van der Waals surface area (Å²) in [5.74, 6) is -0.567. The average Bonchev–Trinajstić information content (AvgIpc) is 2.39. The Balaban J connectivity index is 2.48. The molecule has 4 heteroatoms. The van der Waals surface area contributed by atoms with E-state index in [4.69, 9.17) is 5.73 Å². The molecule has 94 valence electrons. The van der Waals surface area contributed by atoms with Gasteiger partial charge in [-0.15, -0.1) is 0 Å². The number of fused-ring (bicyclic) bond motifs is 1. The van der Waals surface area contributed by atoms with Gasteiger partial charge in [0.2, 0.25) is 0 Å². The zero-order valence-electron chi connectivity index (χ0n) is 10.2. The molecule has 0 spiro atoms. The summed E-state index contributed by atoms with van der Waals surface area (Å²) in [6, 6.07) is 7.53. The molecule has 0 atom stereocenters. The quantitative estimate of drug-likeness (QED) is 0.817. The van der Waals surface area contributed by atoms with Crippen molar-refractivity contribution in [2.75, 3.05) is 0 Å². The fraction of sp³-hybridized carbons (Fsp3) is 0. The number of benzene rings is 1. The summed E-state index contributed by atoms with van der Waals surface area (Å²) in [5, 5.41) is 0. The van der Waals surface area contributed by atoms with Crippen molar-refractivity contribution in [3.63, 3.8) is 0 Å². The fourth-order valence-corrected chi connectivity index (χ4v) is 1.49. The number of nitrogens with two attached hydrogens (primary N) is 1. The van der Waals surface area contributed by atoms with Crippen LogP contribution in [0.4, 0.5) is 5.69 Å². The maximum atomic E-state index is 11.2. The summed E-state index contributed by atoms with van der Waals surface area (Å²) in [5.41, 5.74) is 7.07. The number of hydrogen-bond donors (Lipinski definition) is 1. The molecular weight excluding hydrogens is 238 g/mol. The summed E-state index contributed by atoms with van der Waals surface area (Å²) in [6.07, 6.45) is 12.0. The first kappa shape index (κ1) is 12.7. The Labute approximate surface area is 111 Å². The van der Waals surface area contributed by atoms with Crippen LogP contribution in [0.3, 0.4) is 0 Å². The third-order valence-corrected chi connectivity index (χ3v) is 2.42. The molecule has 2 N–H and O–H groups in total. The largest absolute Gasteiger partial charge is 0.364 e. The predicted molar refractivity (Wildman–Crippen MR) is 77.7 cm³/mol. The third kappa shape index (κ3) is 3.61. The van der Waals surface area contributed by atoms with Crippen LogP contribution in [0.25, 0.3) is 0 Å². The highest BCUT2D eigenvalue weighted by Crippen LogP contribution is 2.16. The van der Waals surface area contributed by atoms with E-state index in [2.05, 4.69) is 9.98 Å². The predicted octanol–water partition coefficient (Wildman–Crippen LogP) is 2.30. The van der Waals surface area contributed by atoms with Gasteiger partial charge in [-0.1, -0.05) is 36.4 Å². The molecule has 0 fully saturated rings. The van der Waals surface area contributed by atoms with Crippen LogP contribution in [0.1, 0.15) is 5.56 Å². The van der Waals surface area contributed by atoms with E-state index in [9.17, 15) is 4.79 Å². The SMILES string of the molecule is NC(=O)/C1=C/C=C\C=C/C=Nc2ccccc2C=N1. The lowest BCUT2D eigenvalue weighted by Crippen LogP contribution is -2.12. The molecule has 2 rings (SSSR count). The maximum Gasteiger partial charge on any atom is 0.267 e. The molecule has 1 amide bonds. The number of nitrogens with zero attached hydrogens (tertiary/aromatic N) is 2. The number of hydrogen-bond acceptors (Lipinski definition) is 3. The topological polar surface area (TPSA) is 67.8 Å². The van der Waals surface area contributed by atoms with Gasteiger partial charge in [-0.05, 0) is 18.2 Å². The van der Waals surface area contributed by atoms with Crippen LogP contribution < -0.4 is 5.73 Å². The number of carbonyl (C=O) groups is 1. The van der Waals surface area contributed by atoms with Gasteiger partial charge in [0.1, 0.15) is 5.70 Å². The Kier molecular flexibility index (Phi) is 4.18. The average molecular weight is 251 g/mol. The molecule has 19 heavy (non-hydrogen) atoms. The van der Waals surface area contributed by atoms with Gasteiger partial charge in [-0.3, -0.25) is 14.8 Å². The Morgan fingerprint density at radius 1 is 1.00 bits per heavy atom. The third-order valence-electron chi connectivity index (χ3n) is 2.42. The molecule has 0 unspecified atom stereocenters. The molecule has 1 heterocycles. The van der Waals surface area contributed by atoms with Gasteiger partial charge in [-0.2, -0.15) is 0 Å². The fourth-order valence-electron chi connectivity index (χ4n) is 1.49. The minimum absolute atomic E-state index is 0.198. The van der Waals surface area contributed by atoms with E-state index < -0.39 is 5.91 Å². The van der Waals surface area contributed by atoms with Gasteiger partial charge in [0.15, 0.2) is 0 Å². The van der Waals surface area contributed by atoms with Crippen molar-refractivity contribution < 1.29 is 4.79 Å². The molecule has 1 aromatic rings. The summed E-state index contributed by atoms with van der Waals surface area (Å²) in [4.78, 5) is 19.7. The Hall–Kier alpha value is -2.75. The van der Waals surface area contributed by atoms with Crippen LogP contribution in [0, 0.1) is 0 Å². The molecule has 1 aliphatic rings. The number of para-hydroxylation sites is 1. The second-order valence-corrected chi connectivity index (χ2v) is 3.78. The highest BCUT2D eigenvalue weighted by molar-refractivity contribution is 5.96. The van der Waals surface area contributed by atoms with Crippen LogP contribution in [-0.2, 0) is 4.79 Å². The molecule has 1 aliphatic heterocycles. The van der Waals surface area contributed by atoms with E-state index in [0.29, 0.717) is 0 Å². The second kappa shape index (κ2) is 6.26. The van der Waals surface area contributed by atoms with Gasteiger partial charge < -0.3 is 5.73 Å². The van der Waals surface area contributed by atoms with E-state index in [1.165, 1.54) is 0 Å². The Morgan fingerprint density at radius 3 is 2.63 bits per heavy atom. The van der Waals surface area contributed by atoms with Crippen molar-refractivity contribution >= 4 is 24.0 Å². The molecule has 0 radical (unpaired) electrons. The number of rotatable bonds is 1. The number of amides is 1.